The van der Waals surface area contributed by atoms with E-state index in [2.05, 4.69) is 5.32 Å². The van der Waals surface area contributed by atoms with Crippen LogP contribution in [0.15, 0.2) is 71.6 Å². The molecule has 0 aliphatic rings. The Kier molecular flexibility index (Phi) is 9.01. The molecule has 0 fully saturated rings. The summed E-state index contributed by atoms with van der Waals surface area (Å²) in [5, 5.41) is 3.29. The smallest absolute Gasteiger partial charge is 0.264 e. The molecule has 9 heteroatoms. The van der Waals surface area contributed by atoms with E-state index >= 15 is 0 Å². The highest BCUT2D eigenvalue weighted by molar-refractivity contribution is 7.92. The van der Waals surface area contributed by atoms with Crippen LogP contribution in [0.2, 0.25) is 5.02 Å². The molecule has 0 aliphatic heterocycles. The first-order valence-electron chi connectivity index (χ1n) is 11.3. The summed E-state index contributed by atoms with van der Waals surface area (Å²) < 4.78 is 39.3. The van der Waals surface area contributed by atoms with Gasteiger partial charge in [0.2, 0.25) is 5.91 Å². The van der Waals surface area contributed by atoms with Crippen molar-refractivity contribution in [2.75, 3.05) is 24.1 Å². The number of amides is 1. The first-order chi connectivity index (χ1) is 16.8. The molecule has 186 valence electrons. The van der Waals surface area contributed by atoms with Crippen molar-refractivity contribution in [3.63, 3.8) is 0 Å². The van der Waals surface area contributed by atoms with Crippen LogP contribution in [0, 0.1) is 6.92 Å². The van der Waals surface area contributed by atoms with Crippen molar-refractivity contribution < 1.29 is 22.7 Å². The first-order valence-corrected chi connectivity index (χ1v) is 13.1. The molecule has 0 unspecified atom stereocenters. The Morgan fingerprint density at radius 3 is 2.29 bits per heavy atom. The number of carbonyl (C=O) groups is 1. The Bertz CT molecular complexity index is 1270. The molecule has 0 spiro atoms. The average molecular weight is 517 g/mol. The highest BCUT2D eigenvalue weighted by Gasteiger charge is 2.28. The molecule has 3 rings (SSSR count). The molecular weight excluding hydrogens is 488 g/mol. The van der Waals surface area contributed by atoms with E-state index < -0.39 is 22.5 Å². The molecule has 0 aromatic heterocycles. The third-order valence-corrected chi connectivity index (χ3v) is 7.15. The van der Waals surface area contributed by atoms with Gasteiger partial charge >= 0.3 is 0 Å². The van der Waals surface area contributed by atoms with Crippen LogP contribution in [0.25, 0.3) is 0 Å². The molecule has 1 N–H and O–H groups in total. The van der Waals surface area contributed by atoms with E-state index in [1.807, 2.05) is 19.9 Å². The normalized spacial score (nSPS) is 11.1. The SMILES string of the molecule is CCOc1ccc(CNC(=O)CN(c2ccc(Cl)cc2C)S(=O)(=O)c2ccccc2)cc1OCC. The van der Waals surface area contributed by atoms with Crippen molar-refractivity contribution in [3.05, 3.63) is 82.9 Å². The second kappa shape index (κ2) is 12.0. The van der Waals surface area contributed by atoms with Gasteiger partial charge < -0.3 is 14.8 Å². The second-order valence-corrected chi connectivity index (χ2v) is 9.98. The van der Waals surface area contributed by atoms with Gasteiger partial charge in [0.25, 0.3) is 10.0 Å². The standard InChI is InChI=1S/C26H29ClN2O5S/c1-4-33-24-14-11-20(16-25(24)34-5-2)17-28-26(30)18-29(23-13-12-21(27)15-19(23)3)35(31,32)22-9-7-6-8-10-22/h6-16H,4-5,17-18H2,1-3H3,(H,28,30). The van der Waals surface area contributed by atoms with Crippen LogP contribution in [-0.2, 0) is 21.4 Å². The number of halogens is 1. The first kappa shape index (κ1) is 26.4. The maximum absolute atomic E-state index is 13.5. The number of anilines is 1. The van der Waals surface area contributed by atoms with Crippen LogP contribution in [0.3, 0.4) is 0 Å². The van der Waals surface area contributed by atoms with Crippen LogP contribution < -0.4 is 19.1 Å². The van der Waals surface area contributed by atoms with Gasteiger partial charge in [-0.2, -0.15) is 0 Å². The minimum absolute atomic E-state index is 0.0926. The Labute approximate surface area is 211 Å². The molecule has 0 aliphatic carbocycles. The maximum atomic E-state index is 13.5. The van der Waals surface area contributed by atoms with Crippen LogP contribution >= 0.6 is 11.6 Å². The van der Waals surface area contributed by atoms with Crippen molar-refractivity contribution in [2.45, 2.75) is 32.2 Å². The lowest BCUT2D eigenvalue weighted by Crippen LogP contribution is -2.41. The monoisotopic (exact) mass is 516 g/mol. The van der Waals surface area contributed by atoms with Gasteiger partial charge in [0.1, 0.15) is 6.54 Å². The molecule has 0 saturated carbocycles. The van der Waals surface area contributed by atoms with Crippen LogP contribution in [0.1, 0.15) is 25.0 Å². The van der Waals surface area contributed by atoms with Gasteiger partial charge in [-0.05, 0) is 74.4 Å². The maximum Gasteiger partial charge on any atom is 0.264 e. The summed E-state index contributed by atoms with van der Waals surface area (Å²) in [6.45, 7) is 6.31. The van der Waals surface area contributed by atoms with Gasteiger partial charge in [0, 0.05) is 11.6 Å². The number of hydrogen-bond acceptors (Lipinski definition) is 5. The number of nitrogens with one attached hydrogen (secondary N) is 1. The molecular formula is C26H29ClN2O5S. The van der Waals surface area contributed by atoms with Gasteiger partial charge in [-0.25, -0.2) is 8.42 Å². The predicted octanol–water partition coefficient (Wildman–Crippen LogP) is 4.96. The molecule has 3 aromatic rings. The summed E-state index contributed by atoms with van der Waals surface area (Å²) >= 11 is 6.08. The lowest BCUT2D eigenvalue weighted by molar-refractivity contribution is -0.119. The third-order valence-electron chi connectivity index (χ3n) is 5.14. The zero-order valence-corrected chi connectivity index (χ0v) is 21.5. The Balaban J connectivity index is 1.83. The summed E-state index contributed by atoms with van der Waals surface area (Å²) in [6, 6.07) is 18.3. The zero-order valence-electron chi connectivity index (χ0n) is 20.0. The number of rotatable bonds is 11. The molecule has 3 aromatic carbocycles. The number of sulfonamides is 1. The van der Waals surface area contributed by atoms with Gasteiger partial charge in [0.05, 0.1) is 23.8 Å². The van der Waals surface area contributed by atoms with E-state index in [0.717, 1.165) is 9.87 Å². The van der Waals surface area contributed by atoms with Crippen molar-refractivity contribution >= 4 is 33.2 Å². The average Bonchev–Trinajstić information content (AvgIpc) is 2.84. The Morgan fingerprint density at radius 2 is 1.63 bits per heavy atom. The molecule has 0 heterocycles. The fraction of sp³-hybridized carbons (Fsp3) is 0.269. The molecule has 1 amide bonds. The summed E-state index contributed by atoms with van der Waals surface area (Å²) in [6.07, 6.45) is 0. The second-order valence-electron chi connectivity index (χ2n) is 7.68. The quantitative estimate of drug-likeness (QED) is 0.389. The molecule has 35 heavy (non-hydrogen) atoms. The van der Waals surface area contributed by atoms with E-state index in [1.54, 1.807) is 55.5 Å². The number of benzene rings is 3. The topological polar surface area (TPSA) is 84.9 Å². The number of carbonyl (C=O) groups excluding carboxylic acids is 1. The van der Waals surface area contributed by atoms with E-state index in [-0.39, 0.29) is 11.4 Å². The lowest BCUT2D eigenvalue weighted by atomic mass is 10.2. The van der Waals surface area contributed by atoms with Crippen LogP contribution in [0.5, 0.6) is 11.5 Å². The number of ether oxygens (including phenoxy) is 2. The Morgan fingerprint density at radius 1 is 0.943 bits per heavy atom. The summed E-state index contributed by atoms with van der Waals surface area (Å²) in [5.41, 5.74) is 1.82. The fourth-order valence-electron chi connectivity index (χ4n) is 3.51. The van der Waals surface area contributed by atoms with Gasteiger partial charge in [-0.3, -0.25) is 9.10 Å². The molecule has 0 radical (unpaired) electrons. The van der Waals surface area contributed by atoms with E-state index in [4.69, 9.17) is 21.1 Å². The summed E-state index contributed by atoms with van der Waals surface area (Å²) in [7, 11) is -4.00. The Hall–Kier alpha value is -3.23. The van der Waals surface area contributed by atoms with Gasteiger partial charge in [-0.15, -0.1) is 0 Å². The van der Waals surface area contributed by atoms with Gasteiger partial charge in [-0.1, -0.05) is 35.9 Å². The van der Waals surface area contributed by atoms with Crippen LogP contribution in [0.4, 0.5) is 5.69 Å². The highest BCUT2D eigenvalue weighted by atomic mass is 35.5. The largest absolute Gasteiger partial charge is 0.490 e. The number of hydrogen-bond donors (Lipinski definition) is 1. The fourth-order valence-corrected chi connectivity index (χ4v) is 5.24. The summed E-state index contributed by atoms with van der Waals surface area (Å²) in [5.74, 6) is 0.764. The predicted molar refractivity (Wildman–Crippen MR) is 138 cm³/mol. The van der Waals surface area contributed by atoms with Crippen molar-refractivity contribution in [3.8, 4) is 11.5 Å². The highest BCUT2D eigenvalue weighted by Crippen LogP contribution is 2.30. The van der Waals surface area contributed by atoms with Gasteiger partial charge in [0.15, 0.2) is 11.5 Å². The van der Waals surface area contributed by atoms with Crippen LogP contribution in [-0.4, -0.2) is 34.1 Å². The molecule has 0 bridgehead atoms. The van der Waals surface area contributed by atoms with E-state index in [0.29, 0.717) is 41.0 Å². The summed E-state index contributed by atoms with van der Waals surface area (Å²) in [4.78, 5) is 13.0. The van der Waals surface area contributed by atoms with Crippen molar-refractivity contribution in [2.24, 2.45) is 0 Å². The van der Waals surface area contributed by atoms with Crippen molar-refractivity contribution in [1.29, 1.82) is 0 Å². The number of nitrogens with zero attached hydrogens (tertiary/aromatic N) is 1. The molecule has 0 saturated heterocycles. The van der Waals surface area contributed by atoms with E-state index in [1.165, 1.54) is 12.1 Å². The lowest BCUT2D eigenvalue weighted by Gasteiger charge is -2.25. The number of aryl methyl sites for hydroxylation is 1. The molecule has 7 nitrogen and oxygen atoms in total. The zero-order chi connectivity index (χ0) is 25.4. The molecule has 0 atom stereocenters. The third kappa shape index (κ3) is 6.68. The van der Waals surface area contributed by atoms with E-state index in [9.17, 15) is 13.2 Å². The minimum atomic E-state index is -4.00. The minimum Gasteiger partial charge on any atom is -0.490 e. The van der Waals surface area contributed by atoms with Crippen molar-refractivity contribution in [1.82, 2.24) is 5.32 Å².